The fraction of sp³-hybridized carbons (Fsp3) is 0.600. The second kappa shape index (κ2) is 5.19. The molecule has 0 saturated heterocycles. The van der Waals surface area contributed by atoms with Gasteiger partial charge in [-0.05, 0) is 43.4 Å². The second-order valence-corrected chi connectivity index (χ2v) is 5.34. The third-order valence-electron chi connectivity index (χ3n) is 4.09. The highest BCUT2D eigenvalue weighted by atomic mass is 16.6. The van der Waals surface area contributed by atoms with Gasteiger partial charge < -0.3 is 14.8 Å². The van der Waals surface area contributed by atoms with Crippen LogP contribution in [0.4, 0.5) is 0 Å². The SMILES string of the molecule is CC(NCc1ccc2c(c1)OCCO2)C1CCC1. The van der Waals surface area contributed by atoms with Crippen molar-refractivity contribution in [3.05, 3.63) is 23.8 Å². The Morgan fingerprint density at radius 3 is 2.72 bits per heavy atom. The summed E-state index contributed by atoms with van der Waals surface area (Å²) in [5, 5.41) is 3.61. The van der Waals surface area contributed by atoms with Gasteiger partial charge in [0.25, 0.3) is 0 Å². The van der Waals surface area contributed by atoms with Crippen LogP contribution >= 0.6 is 0 Å². The standard InChI is InChI=1S/C15H21NO2/c1-11(13-3-2-4-13)16-10-12-5-6-14-15(9-12)18-8-7-17-14/h5-6,9,11,13,16H,2-4,7-8,10H2,1H3. The molecule has 1 aromatic rings. The summed E-state index contributed by atoms with van der Waals surface area (Å²) in [5.74, 6) is 2.64. The molecule has 3 nitrogen and oxygen atoms in total. The van der Waals surface area contributed by atoms with E-state index in [0.29, 0.717) is 19.3 Å². The van der Waals surface area contributed by atoms with Crippen LogP contribution in [0.3, 0.4) is 0 Å². The van der Waals surface area contributed by atoms with Gasteiger partial charge in [-0.25, -0.2) is 0 Å². The fourth-order valence-electron chi connectivity index (χ4n) is 2.58. The predicted octanol–water partition coefficient (Wildman–Crippen LogP) is 2.74. The van der Waals surface area contributed by atoms with E-state index in [0.717, 1.165) is 24.0 Å². The smallest absolute Gasteiger partial charge is 0.161 e. The van der Waals surface area contributed by atoms with Gasteiger partial charge in [0.2, 0.25) is 0 Å². The van der Waals surface area contributed by atoms with Crippen LogP contribution in [0.1, 0.15) is 31.7 Å². The molecule has 1 aromatic carbocycles. The lowest BCUT2D eigenvalue weighted by Crippen LogP contribution is -2.36. The van der Waals surface area contributed by atoms with Crippen LogP contribution in [-0.2, 0) is 6.54 Å². The van der Waals surface area contributed by atoms with Crippen LogP contribution in [0.2, 0.25) is 0 Å². The number of nitrogens with one attached hydrogen (secondary N) is 1. The summed E-state index contributed by atoms with van der Waals surface area (Å²) in [6.45, 7) is 4.52. The molecule has 1 atom stereocenters. The number of hydrogen-bond donors (Lipinski definition) is 1. The van der Waals surface area contributed by atoms with E-state index in [-0.39, 0.29) is 0 Å². The van der Waals surface area contributed by atoms with Crippen LogP contribution in [0.15, 0.2) is 18.2 Å². The lowest BCUT2D eigenvalue weighted by molar-refractivity contribution is 0.171. The van der Waals surface area contributed by atoms with Crippen molar-refractivity contribution in [2.45, 2.75) is 38.8 Å². The molecular formula is C15H21NO2. The first-order valence-electron chi connectivity index (χ1n) is 6.95. The zero-order valence-electron chi connectivity index (χ0n) is 10.9. The van der Waals surface area contributed by atoms with Crippen molar-refractivity contribution in [1.29, 1.82) is 0 Å². The van der Waals surface area contributed by atoms with Crippen LogP contribution in [0, 0.1) is 5.92 Å². The number of rotatable bonds is 4. The lowest BCUT2D eigenvalue weighted by atomic mass is 9.80. The van der Waals surface area contributed by atoms with E-state index in [1.54, 1.807) is 0 Å². The average molecular weight is 247 g/mol. The summed E-state index contributed by atoms with van der Waals surface area (Å²) in [6, 6.07) is 6.84. The topological polar surface area (TPSA) is 30.5 Å². The largest absolute Gasteiger partial charge is 0.486 e. The molecule has 0 spiro atoms. The van der Waals surface area contributed by atoms with E-state index in [9.17, 15) is 0 Å². The van der Waals surface area contributed by atoms with Gasteiger partial charge in [0, 0.05) is 12.6 Å². The van der Waals surface area contributed by atoms with E-state index in [2.05, 4.69) is 24.4 Å². The van der Waals surface area contributed by atoms with Gasteiger partial charge in [-0.2, -0.15) is 0 Å². The zero-order valence-corrected chi connectivity index (χ0v) is 10.9. The molecule has 0 aromatic heterocycles. The second-order valence-electron chi connectivity index (χ2n) is 5.34. The maximum atomic E-state index is 5.60. The van der Waals surface area contributed by atoms with Crippen LogP contribution < -0.4 is 14.8 Å². The summed E-state index contributed by atoms with van der Waals surface area (Å²) in [6.07, 6.45) is 4.17. The third kappa shape index (κ3) is 2.46. The van der Waals surface area contributed by atoms with Gasteiger partial charge in [0.15, 0.2) is 11.5 Å². The Balaban J connectivity index is 1.58. The van der Waals surface area contributed by atoms with Crippen LogP contribution in [-0.4, -0.2) is 19.3 Å². The van der Waals surface area contributed by atoms with Crippen molar-refractivity contribution < 1.29 is 9.47 Å². The molecule has 18 heavy (non-hydrogen) atoms. The quantitative estimate of drug-likeness (QED) is 0.887. The maximum Gasteiger partial charge on any atom is 0.161 e. The van der Waals surface area contributed by atoms with Crippen LogP contribution in [0.5, 0.6) is 11.5 Å². The van der Waals surface area contributed by atoms with Crippen molar-refractivity contribution in [2.75, 3.05) is 13.2 Å². The summed E-state index contributed by atoms with van der Waals surface area (Å²) in [7, 11) is 0. The molecule has 1 heterocycles. The van der Waals surface area contributed by atoms with E-state index in [1.165, 1.54) is 24.8 Å². The molecule has 0 amide bonds. The fourth-order valence-corrected chi connectivity index (χ4v) is 2.58. The van der Waals surface area contributed by atoms with Crippen molar-refractivity contribution in [3.63, 3.8) is 0 Å². The summed E-state index contributed by atoms with van der Waals surface area (Å²) in [5.41, 5.74) is 1.27. The number of fused-ring (bicyclic) bond motifs is 1. The average Bonchev–Trinajstić information content (AvgIpc) is 2.34. The number of ether oxygens (including phenoxy) is 2. The molecule has 1 fully saturated rings. The maximum absolute atomic E-state index is 5.60. The first-order chi connectivity index (χ1) is 8.83. The third-order valence-corrected chi connectivity index (χ3v) is 4.09. The van der Waals surface area contributed by atoms with Gasteiger partial charge in [-0.1, -0.05) is 12.5 Å². The summed E-state index contributed by atoms with van der Waals surface area (Å²) >= 11 is 0. The minimum atomic E-state index is 0.618. The highest BCUT2D eigenvalue weighted by Crippen LogP contribution is 2.31. The van der Waals surface area contributed by atoms with Crippen molar-refractivity contribution in [1.82, 2.24) is 5.32 Å². The zero-order chi connectivity index (χ0) is 12.4. The molecule has 1 aliphatic carbocycles. The van der Waals surface area contributed by atoms with E-state index >= 15 is 0 Å². The summed E-state index contributed by atoms with van der Waals surface area (Å²) < 4.78 is 11.1. The minimum absolute atomic E-state index is 0.618. The Hall–Kier alpha value is -1.22. The van der Waals surface area contributed by atoms with Gasteiger partial charge in [0.1, 0.15) is 13.2 Å². The highest BCUT2D eigenvalue weighted by Gasteiger charge is 2.23. The minimum Gasteiger partial charge on any atom is -0.486 e. The van der Waals surface area contributed by atoms with Crippen molar-refractivity contribution in [3.8, 4) is 11.5 Å². The molecule has 98 valence electrons. The number of benzene rings is 1. The monoisotopic (exact) mass is 247 g/mol. The Morgan fingerprint density at radius 1 is 1.22 bits per heavy atom. The Morgan fingerprint density at radius 2 is 2.00 bits per heavy atom. The molecule has 2 aliphatic rings. The normalized spacial score (nSPS) is 20.3. The number of hydrogen-bond acceptors (Lipinski definition) is 3. The molecular weight excluding hydrogens is 226 g/mol. The van der Waals surface area contributed by atoms with Crippen molar-refractivity contribution >= 4 is 0 Å². The predicted molar refractivity (Wildman–Crippen MR) is 71.1 cm³/mol. The van der Waals surface area contributed by atoms with Gasteiger partial charge >= 0.3 is 0 Å². The lowest BCUT2D eigenvalue weighted by Gasteiger charge is -2.32. The molecule has 1 saturated carbocycles. The molecule has 0 radical (unpaired) electrons. The van der Waals surface area contributed by atoms with E-state index in [1.807, 2.05) is 6.07 Å². The Labute approximate surface area is 108 Å². The van der Waals surface area contributed by atoms with Crippen LogP contribution in [0.25, 0.3) is 0 Å². The van der Waals surface area contributed by atoms with Gasteiger partial charge in [-0.3, -0.25) is 0 Å². The highest BCUT2D eigenvalue weighted by molar-refractivity contribution is 5.43. The summed E-state index contributed by atoms with van der Waals surface area (Å²) in [4.78, 5) is 0. The van der Waals surface area contributed by atoms with E-state index in [4.69, 9.17) is 9.47 Å². The molecule has 1 N–H and O–H groups in total. The molecule has 1 aliphatic heterocycles. The van der Waals surface area contributed by atoms with Gasteiger partial charge in [0.05, 0.1) is 0 Å². The molecule has 3 rings (SSSR count). The first-order valence-corrected chi connectivity index (χ1v) is 6.95. The Kier molecular flexibility index (Phi) is 3.41. The molecule has 3 heteroatoms. The first kappa shape index (κ1) is 11.8. The van der Waals surface area contributed by atoms with Gasteiger partial charge in [-0.15, -0.1) is 0 Å². The van der Waals surface area contributed by atoms with E-state index < -0.39 is 0 Å². The molecule has 0 bridgehead atoms. The molecule has 1 unspecified atom stereocenters. The Bertz CT molecular complexity index is 415. The van der Waals surface area contributed by atoms with Crippen molar-refractivity contribution in [2.24, 2.45) is 5.92 Å².